The van der Waals surface area contributed by atoms with Crippen molar-refractivity contribution in [3.8, 4) is 5.75 Å². The van der Waals surface area contributed by atoms with Gasteiger partial charge in [-0.05, 0) is 51.3 Å². The second-order valence-electron chi connectivity index (χ2n) is 7.30. The minimum Gasteiger partial charge on any atom is -0.490 e. The van der Waals surface area contributed by atoms with E-state index < -0.39 is 5.41 Å². The monoisotopic (exact) mass is 346 g/mol. The maximum atomic E-state index is 12.9. The SMILES string of the molecule is CCCN1C(=O)C(C)(C)COc2ccc(NC(=O)C3CCCO3)cc21. The number of ether oxygens (including phenoxy) is 2. The van der Waals surface area contributed by atoms with Crippen molar-refractivity contribution in [1.82, 2.24) is 0 Å². The standard InChI is InChI=1S/C19H26N2O4/c1-4-9-21-14-11-13(20-17(22)16-6-5-10-24-16)7-8-15(14)25-12-19(2,3)18(21)23/h7-8,11,16H,4-6,9-10,12H2,1-3H3,(H,20,22). The lowest BCUT2D eigenvalue weighted by atomic mass is 9.93. The number of amides is 2. The van der Waals surface area contributed by atoms with Gasteiger partial charge in [0, 0.05) is 18.8 Å². The van der Waals surface area contributed by atoms with Crippen LogP contribution in [0.5, 0.6) is 5.75 Å². The molecule has 1 atom stereocenters. The number of carbonyl (C=O) groups is 2. The van der Waals surface area contributed by atoms with Crippen LogP contribution in [0.4, 0.5) is 11.4 Å². The maximum absolute atomic E-state index is 12.9. The molecule has 0 aromatic heterocycles. The first-order chi connectivity index (χ1) is 11.9. The molecular formula is C19H26N2O4. The Morgan fingerprint density at radius 3 is 2.88 bits per heavy atom. The second-order valence-corrected chi connectivity index (χ2v) is 7.30. The quantitative estimate of drug-likeness (QED) is 0.910. The van der Waals surface area contributed by atoms with Gasteiger partial charge in [0.15, 0.2) is 0 Å². The maximum Gasteiger partial charge on any atom is 0.253 e. The Hall–Kier alpha value is -2.08. The van der Waals surface area contributed by atoms with Crippen LogP contribution in [-0.2, 0) is 14.3 Å². The fraction of sp³-hybridized carbons (Fsp3) is 0.579. The molecule has 2 heterocycles. The third kappa shape index (κ3) is 3.63. The van der Waals surface area contributed by atoms with E-state index in [0.29, 0.717) is 36.9 Å². The Labute approximate surface area is 148 Å². The summed E-state index contributed by atoms with van der Waals surface area (Å²) in [6.45, 7) is 7.40. The lowest BCUT2D eigenvalue weighted by Crippen LogP contribution is -2.42. The van der Waals surface area contributed by atoms with Crippen LogP contribution >= 0.6 is 0 Å². The molecule has 1 unspecified atom stereocenters. The fourth-order valence-corrected chi connectivity index (χ4v) is 3.18. The van der Waals surface area contributed by atoms with E-state index in [2.05, 4.69) is 5.32 Å². The molecule has 0 aliphatic carbocycles. The topological polar surface area (TPSA) is 67.9 Å². The minimum atomic E-state index is -0.588. The number of benzene rings is 1. The van der Waals surface area contributed by atoms with Gasteiger partial charge in [-0.1, -0.05) is 6.92 Å². The second kappa shape index (κ2) is 7.04. The Morgan fingerprint density at radius 1 is 1.40 bits per heavy atom. The van der Waals surface area contributed by atoms with Crippen LogP contribution in [0.15, 0.2) is 18.2 Å². The van der Waals surface area contributed by atoms with E-state index in [0.717, 1.165) is 19.3 Å². The summed E-state index contributed by atoms with van der Waals surface area (Å²) in [4.78, 5) is 26.9. The Balaban J connectivity index is 1.87. The molecule has 0 spiro atoms. The molecule has 1 N–H and O–H groups in total. The van der Waals surface area contributed by atoms with Crippen molar-refractivity contribution < 1.29 is 19.1 Å². The van der Waals surface area contributed by atoms with Gasteiger partial charge in [-0.2, -0.15) is 0 Å². The van der Waals surface area contributed by atoms with Crippen LogP contribution in [0.2, 0.25) is 0 Å². The number of hydrogen-bond acceptors (Lipinski definition) is 4. The van der Waals surface area contributed by atoms with Crippen molar-refractivity contribution in [1.29, 1.82) is 0 Å². The summed E-state index contributed by atoms with van der Waals surface area (Å²) < 4.78 is 11.3. The Kier molecular flexibility index (Phi) is 4.99. The molecule has 1 fully saturated rings. The lowest BCUT2D eigenvalue weighted by molar-refractivity contribution is -0.127. The first-order valence-corrected chi connectivity index (χ1v) is 8.93. The summed E-state index contributed by atoms with van der Waals surface area (Å²) in [5.74, 6) is 0.568. The molecule has 2 aliphatic heterocycles. The zero-order valence-corrected chi connectivity index (χ0v) is 15.1. The van der Waals surface area contributed by atoms with E-state index in [4.69, 9.17) is 9.47 Å². The highest BCUT2D eigenvalue weighted by molar-refractivity contribution is 6.01. The third-order valence-corrected chi connectivity index (χ3v) is 4.60. The molecule has 136 valence electrons. The summed E-state index contributed by atoms with van der Waals surface area (Å²) in [6, 6.07) is 5.44. The molecule has 6 heteroatoms. The Morgan fingerprint density at radius 2 is 2.20 bits per heavy atom. The van der Waals surface area contributed by atoms with Crippen molar-refractivity contribution in [2.75, 3.05) is 30.0 Å². The van der Waals surface area contributed by atoms with Crippen LogP contribution in [0.25, 0.3) is 0 Å². The highest BCUT2D eigenvalue weighted by Gasteiger charge is 2.37. The molecule has 1 aromatic rings. The minimum absolute atomic E-state index is 0.0377. The Bertz CT molecular complexity index is 665. The number of fused-ring (bicyclic) bond motifs is 1. The highest BCUT2D eigenvalue weighted by Crippen LogP contribution is 2.38. The van der Waals surface area contributed by atoms with Crippen LogP contribution in [0.3, 0.4) is 0 Å². The van der Waals surface area contributed by atoms with Gasteiger partial charge in [-0.15, -0.1) is 0 Å². The number of rotatable bonds is 4. The predicted molar refractivity (Wildman–Crippen MR) is 96.0 cm³/mol. The molecule has 0 radical (unpaired) electrons. The zero-order chi connectivity index (χ0) is 18.0. The van der Waals surface area contributed by atoms with Gasteiger partial charge >= 0.3 is 0 Å². The average molecular weight is 346 g/mol. The van der Waals surface area contributed by atoms with Crippen LogP contribution < -0.4 is 15.0 Å². The van der Waals surface area contributed by atoms with E-state index in [1.54, 1.807) is 11.0 Å². The van der Waals surface area contributed by atoms with E-state index in [9.17, 15) is 9.59 Å². The van der Waals surface area contributed by atoms with Gasteiger partial charge in [0.05, 0.1) is 11.1 Å². The van der Waals surface area contributed by atoms with Crippen molar-refractivity contribution >= 4 is 23.2 Å². The number of nitrogens with zero attached hydrogens (tertiary/aromatic N) is 1. The number of hydrogen-bond donors (Lipinski definition) is 1. The molecule has 0 saturated carbocycles. The molecular weight excluding hydrogens is 320 g/mol. The number of carbonyl (C=O) groups excluding carboxylic acids is 2. The molecule has 0 bridgehead atoms. The van der Waals surface area contributed by atoms with Crippen molar-refractivity contribution in [2.45, 2.75) is 46.1 Å². The van der Waals surface area contributed by atoms with Gasteiger partial charge < -0.3 is 19.7 Å². The number of nitrogens with one attached hydrogen (secondary N) is 1. The lowest BCUT2D eigenvalue weighted by Gasteiger charge is -2.28. The third-order valence-electron chi connectivity index (χ3n) is 4.60. The largest absolute Gasteiger partial charge is 0.490 e. The molecule has 2 aliphatic rings. The van der Waals surface area contributed by atoms with Crippen molar-refractivity contribution in [2.24, 2.45) is 5.41 Å². The van der Waals surface area contributed by atoms with Gasteiger partial charge in [-0.25, -0.2) is 0 Å². The van der Waals surface area contributed by atoms with Crippen LogP contribution in [0.1, 0.15) is 40.0 Å². The van der Waals surface area contributed by atoms with Crippen LogP contribution in [0, 0.1) is 5.41 Å². The van der Waals surface area contributed by atoms with E-state index >= 15 is 0 Å². The fourth-order valence-electron chi connectivity index (χ4n) is 3.18. The van der Waals surface area contributed by atoms with Gasteiger partial charge in [-0.3, -0.25) is 9.59 Å². The molecule has 25 heavy (non-hydrogen) atoms. The normalized spacial score (nSPS) is 22.1. The predicted octanol–water partition coefficient (Wildman–Crippen LogP) is 2.97. The van der Waals surface area contributed by atoms with E-state index in [-0.39, 0.29) is 17.9 Å². The van der Waals surface area contributed by atoms with Gasteiger partial charge in [0.25, 0.3) is 5.91 Å². The molecule has 2 amide bonds. The van der Waals surface area contributed by atoms with Gasteiger partial charge in [0.2, 0.25) is 5.91 Å². The summed E-state index contributed by atoms with van der Waals surface area (Å²) >= 11 is 0. The highest BCUT2D eigenvalue weighted by atomic mass is 16.5. The van der Waals surface area contributed by atoms with E-state index in [1.165, 1.54) is 0 Å². The van der Waals surface area contributed by atoms with Gasteiger partial charge in [0.1, 0.15) is 18.5 Å². The number of anilines is 2. The summed E-state index contributed by atoms with van der Waals surface area (Å²) in [7, 11) is 0. The summed E-state index contributed by atoms with van der Waals surface area (Å²) in [6.07, 6.45) is 2.11. The van der Waals surface area contributed by atoms with Crippen molar-refractivity contribution in [3.05, 3.63) is 18.2 Å². The summed E-state index contributed by atoms with van der Waals surface area (Å²) in [5, 5.41) is 2.90. The van der Waals surface area contributed by atoms with Crippen molar-refractivity contribution in [3.63, 3.8) is 0 Å². The van der Waals surface area contributed by atoms with E-state index in [1.807, 2.05) is 32.9 Å². The molecule has 3 rings (SSSR count). The van der Waals surface area contributed by atoms with Crippen LogP contribution in [-0.4, -0.2) is 37.7 Å². The average Bonchev–Trinajstić information content (AvgIpc) is 3.10. The summed E-state index contributed by atoms with van der Waals surface area (Å²) in [5.41, 5.74) is 0.772. The molecule has 1 saturated heterocycles. The smallest absolute Gasteiger partial charge is 0.253 e. The molecule has 1 aromatic carbocycles. The zero-order valence-electron chi connectivity index (χ0n) is 15.1. The molecule has 6 nitrogen and oxygen atoms in total. The first-order valence-electron chi connectivity index (χ1n) is 8.93. The first kappa shape index (κ1) is 17.7.